The highest BCUT2D eigenvalue weighted by Crippen LogP contribution is 2.16. The molecule has 0 unspecified atom stereocenters. The van der Waals surface area contributed by atoms with E-state index in [1.54, 1.807) is 37.4 Å². The van der Waals surface area contributed by atoms with Gasteiger partial charge < -0.3 is 15.4 Å². The molecule has 0 atom stereocenters. The van der Waals surface area contributed by atoms with Crippen LogP contribution in [-0.2, 0) is 17.8 Å². The zero-order valence-corrected chi connectivity index (χ0v) is 15.9. The number of aryl methyl sites for hydroxylation is 2. The van der Waals surface area contributed by atoms with Crippen LogP contribution >= 0.6 is 11.3 Å². The number of esters is 1. The van der Waals surface area contributed by atoms with Gasteiger partial charge >= 0.3 is 5.97 Å². The monoisotopic (exact) mass is 360 g/mol. The van der Waals surface area contributed by atoms with Gasteiger partial charge in [-0.25, -0.2) is 9.78 Å². The summed E-state index contributed by atoms with van der Waals surface area (Å²) in [4.78, 5) is 21.5. The average Bonchev–Trinajstić information content (AvgIpc) is 2.93. The lowest BCUT2D eigenvalue weighted by Crippen LogP contribution is -2.36. The largest absolute Gasteiger partial charge is 0.462 e. The molecule has 0 saturated heterocycles. The molecule has 1 aromatic carbocycles. The van der Waals surface area contributed by atoms with Gasteiger partial charge in [-0.05, 0) is 38.5 Å². The van der Waals surface area contributed by atoms with E-state index in [1.807, 2.05) is 26.0 Å². The van der Waals surface area contributed by atoms with Crippen LogP contribution in [0.4, 0.5) is 0 Å². The zero-order valence-electron chi connectivity index (χ0n) is 15.0. The Hall–Kier alpha value is -2.41. The summed E-state index contributed by atoms with van der Waals surface area (Å²) in [7, 11) is 1.74. The number of benzene rings is 1. The molecule has 2 aromatic rings. The highest BCUT2D eigenvalue weighted by atomic mass is 32.1. The van der Waals surface area contributed by atoms with Crippen LogP contribution in [0.1, 0.15) is 38.4 Å². The Balaban J connectivity index is 1.86. The summed E-state index contributed by atoms with van der Waals surface area (Å²) < 4.78 is 4.98. The molecule has 25 heavy (non-hydrogen) atoms. The summed E-state index contributed by atoms with van der Waals surface area (Å²) in [6, 6.07) is 7.36. The maximum absolute atomic E-state index is 11.6. The molecule has 0 aliphatic rings. The smallest absolute Gasteiger partial charge is 0.338 e. The van der Waals surface area contributed by atoms with E-state index < -0.39 is 0 Å². The van der Waals surface area contributed by atoms with Gasteiger partial charge in [-0.2, -0.15) is 0 Å². The standard InChI is InChI=1S/C18H24N4O2S/c1-5-24-17(23)15-8-6-14(7-9-15)10-20-18(19-4)21-11-16-12(2)22-13(3)25-16/h6-9H,5,10-11H2,1-4H3,(H2,19,20,21). The van der Waals surface area contributed by atoms with Gasteiger partial charge in [0, 0.05) is 18.5 Å². The fourth-order valence-electron chi connectivity index (χ4n) is 2.28. The highest BCUT2D eigenvalue weighted by molar-refractivity contribution is 7.11. The van der Waals surface area contributed by atoms with Gasteiger partial charge in [0.25, 0.3) is 0 Å². The van der Waals surface area contributed by atoms with Gasteiger partial charge in [-0.15, -0.1) is 11.3 Å². The predicted octanol–water partition coefficient (Wildman–Crippen LogP) is 2.80. The molecular formula is C18H24N4O2S. The first-order chi connectivity index (χ1) is 12.0. The number of nitrogens with zero attached hydrogens (tertiary/aromatic N) is 2. The quantitative estimate of drug-likeness (QED) is 0.471. The van der Waals surface area contributed by atoms with Gasteiger partial charge in [0.2, 0.25) is 0 Å². The Morgan fingerprint density at radius 1 is 1.20 bits per heavy atom. The number of thiazole rings is 1. The summed E-state index contributed by atoms with van der Waals surface area (Å²) in [5.41, 5.74) is 2.67. The molecule has 0 bridgehead atoms. The number of hydrogen-bond acceptors (Lipinski definition) is 5. The van der Waals surface area contributed by atoms with E-state index in [0.29, 0.717) is 25.3 Å². The van der Waals surface area contributed by atoms with Gasteiger partial charge in [-0.1, -0.05) is 12.1 Å². The second kappa shape index (κ2) is 9.17. The number of ether oxygens (including phenoxy) is 1. The van der Waals surface area contributed by atoms with Crippen molar-refractivity contribution in [2.24, 2.45) is 4.99 Å². The molecule has 0 aliphatic heterocycles. The van der Waals surface area contributed by atoms with E-state index in [9.17, 15) is 4.79 Å². The third-order valence-electron chi connectivity index (χ3n) is 3.56. The van der Waals surface area contributed by atoms with E-state index in [1.165, 1.54) is 4.88 Å². The summed E-state index contributed by atoms with van der Waals surface area (Å²) in [5.74, 6) is 0.426. The third-order valence-corrected chi connectivity index (χ3v) is 4.64. The van der Waals surface area contributed by atoms with Crippen molar-refractivity contribution in [3.63, 3.8) is 0 Å². The van der Waals surface area contributed by atoms with Crippen molar-refractivity contribution in [3.8, 4) is 0 Å². The first-order valence-electron chi connectivity index (χ1n) is 8.17. The van der Waals surface area contributed by atoms with Crippen molar-refractivity contribution in [2.45, 2.75) is 33.9 Å². The van der Waals surface area contributed by atoms with Crippen LogP contribution in [0.3, 0.4) is 0 Å². The molecule has 2 rings (SSSR count). The van der Waals surface area contributed by atoms with E-state index >= 15 is 0 Å². The van der Waals surface area contributed by atoms with Crippen molar-refractivity contribution in [2.75, 3.05) is 13.7 Å². The maximum Gasteiger partial charge on any atom is 0.338 e. The first-order valence-corrected chi connectivity index (χ1v) is 8.98. The van der Waals surface area contributed by atoms with Gasteiger partial charge in [-0.3, -0.25) is 4.99 Å². The van der Waals surface area contributed by atoms with Gasteiger partial charge in [0.1, 0.15) is 0 Å². The Morgan fingerprint density at radius 2 is 1.88 bits per heavy atom. The molecule has 6 nitrogen and oxygen atoms in total. The van der Waals surface area contributed by atoms with Gasteiger partial charge in [0.05, 0.1) is 29.4 Å². The van der Waals surface area contributed by atoms with Crippen LogP contribution < -0.4 is 10.6 Å². The number of rotatable bonds is 6. The zero-order chi connectivity index (χ0) is 18.2. The van der Waals surface area contributed by atoms with Crippen molar-refractivity contribution in [3.05, 3.63) is 51.0 Å². The Kier molecular flexibility index (Phi) is 6.94. The second-order valence-electron chi connectivity index (χ2n) is 5.44. The molecular weight excluding hydrogens is 336 g/mol. The number of carbonyl (C=O) groups is 1. The highest BCUT2D eigenvalue weighted by Gasteiger charge is 2.07. The number of hydrogen-bond donors (Lipinski definition) is 2. The Morgan fingerprint density at radius 3 is 2.44 bits per heavy atom. The summed E-state index contributed by atoms with van der Waals surface area (Å²) >= 11 is 1.69. The molecule has 2 N–H and O–H groups in total. The van der Waals surface area contributed by atoms with E-state index in [2.05, 4.69) is 20.6 Å². The van der Waals surface area contributed by atoms with Crippen LogP contribution in [-0.4, -0.2) is 30.6 Å². The molecule has 1 heterocycles. The number of guanidine groups is 1. The van der Waals surface area contributed by atoms with Crippen LogP contribution in [0, 0.1) is 13.8 Å². The molecule has 0 spiro atoms. The predicted molar refractivity (Wildman–Crippen MR) is 101 cm³/mol. The van der Waals surface area contributed by atoms with E-state index in [0.717, 1.165) is 22.2 Å². The molecule has 0 fully saturated rings. The Labute approximate surface area is 152 Å². The fourth-order valence-corrected chi connectivity index (χ4v) is 3.16. The molecule has 1 aromatic heterocycles. The van der Waals surface area contributed by atoms with Crippen LogP contribution in [0.2, 0.25) is 0 Å². The van der Waals surface area contributed by atoms with Crippen molar-refractivity contribution < 1.29 is 9.53 Å². The SMILES string of the molecule is CCOC(=O)c1ccc(CNC(=NC)NCc2sc(C)nc2C)cc1. The van der Waals surface area contributed by atoms with Crippen LogP contribution in [0.15, 0.2) is 29.3 Å². The van der Waals surface area contributed by atoms with Crippen LogP contribution in [0.25, 0.3) is 0 Å². The molecule has 134 valence electrons. The average molecular weight is 360 g/mol. The molecule has 0 amide bonds. The van der Waals surface area contributed by atoms with Crippen molar-refractivity contribution >= 4 is 23.3 Å². The fraction of sp³-hybridized carbons (Fsp3) is 0.389. The lowest BCUT2D eigenvalue weighted by Gasteiger charge is -2.12. The maximum atomic E-state index is 11.6. The summed E-state index contributed by atoms with van der Waals surface area (Å²) in [5, 5.41) is 7.62. The lowest BCUT2D eigenvalue weighted by molar-refractivity contribution is 0.0526. The second-order valence-corrected chi connectivity index (χ2v) is 6.73. The number of carbonyl (C=O) groups excluding carboxylic acids is 1. The minimum absolute atomic E-state index is 0.297. The van der Waals surface area contributed by atoms with Crippen molar-refractivity contribution in [1.29, 1.82) is 0 Å². The lowest BCUT2D eigenvalue weighted by atomic mass is 10.1. The van der Waals surface area contributed by atoms with Crippen molar-refractivity contribution in [1.82, 2.24) is 15.6 Å². The topological polar surface area (TPSA) is 75.6 Å². The summed E-state index contributed by atoms with van der Waals surface area (Å²) in [6.45, 7) is 7.51. The molecule has 7 heteroatoms. The third kappa shape index (κ3) is 5.56. The molecule has 0 radical (unpaired) electrons. The Bertz CT molecular complexity index is 738. The molecule has 0 aliphatic carbocycles. The number of aromatic nitrogens is 1. The minimum atomic E-state index is -0.297. The molecule has 0 saturated carbocycles. The first kappa shape index (κ1) is 18.9. The summed E-state index contributed by atoms with van der Waals surface area (Å²) in [6.07, 6.45) is 0. The van der Waals surface area contributed by atoms with Crippen LogP contribution in [0.5, 0.6) is 0 Å². The minimum Gasteiger partial charge on any atom is -0.462 e. The van der Waals surface area contributed by atoms with E-state index in [4.69, 9.17) is 4.74 Å². The van der Waals surface area contributed by atoms with Gasteiger partial charge in [0.15, 0.2) is 5.96 Å². The van der Waals surface area contributed by atoms with E-state index in [-0.39, 0.29) is 5.97 Å². The normalized spacial score (nSPS) is 11.3. The number of aliphatic imine (C=N–C) groups is 1. The number of nitrogens with one attached hydrogen (secondary N) is 2.